The first kappa shape index (κ1) is 24.4. The van der Waals surface area contributed by atoms with Crippen molar-refractivity contribution in [3.63, 3.8) is 0 Å². The second kappa shape index (κ2) is 15.6. The van der Waals surface area contributed by atoms with Crippen LogP contribution < -0.4 is 5.32 Å². The molecule has 25 heavy (non-hydrogen) atoms. The molecule has 1 saturated heterocycles. The summed E-state index contributed by atoms with van der Waals surface area (Å²) in [7, 11) is 3.45. The fourth-order valence-electron chi connectivity index (χ4n) is 2.73. The van der Waals surface area contributed by atoms with E-state index < -0.39 is 0 Å². The van der Waals surface area contributed by atoms with Gasteiger partial charge in [-0.15, -0.1) is 24.0 Å². The van der Waals surface area contributed by atoms with Crippen molar-refractivity contribution in [2.45, 2.75) is 32.6 Å². The number of aliphatic imine (C=N–C) groups is 1. The molecular weight excluding hydrogens is 437 g/mol. The van der Waals surface area contributed by atoms with Crippen LogP contribution in [0.4, 0.5) is 0 Å². The third-order valence-corrected chi connectivity index (χ3v) is 3.98. The molecule has 0 aromatic carbocycles. The summed E-state index contributed by atoms with van der Waals surface area (Å²) in [5.41, 5.74) is 0. The zero-order valence-corrected chi connectivity index (χ0v) is 18.1. The van der Waals surface area contributed by atoms with Crippen molar-refractivity contribution in [1.29, 1.82) is 0 Å². The molecule has 0 aromatic rings. The summed E-state index contributed by atoms with van der Waals surface area (Å²) in [4.78, 5) is 18.4. The van der Waals surface area contributed by atoms with Crippen molar-refractivity contribution in [1.82, 2.24) is 10.2 Å². The Morgan fingerprint density at radius 2 is 2.08 bits per heavy atom. The Bertz CT molecular complexity index is 383. The number of hydrogen-bond donors (Lipinski definition) is 1. The highest BCUT2D eigenvalue weighted by molar-refractivity contribution is 14.0. The van der Waals surface area contributed by atoms with Gasteiger partial charge in [0.2, 0.25) is 0 Å². The highest BCUT2D eigenvalue weighted by Crippen LogP contribution is 2.18. The Morgan fingerprint density at radius 1 is 1.28 bits per heavy atom. The molecule has 0 radical (unpaired) electrons. The van der Waals surface area contributed by atoms with Gasteiger partial charge in [0, 0.05) is 40.4 Å². The average Bonchev–Trinajstić information content (AvgIpc) is 2.61. The SMILES string of the molecule is CCOC(=O)C1CCCN(C(=NC)NCCCCOCCOC)C1.I. The average molecular weight is 471 g/mol. The monoisotopic (exact) mass is 471 g/mol. The quantitative estimate of drug-likeness (QED) is 0.173. The lowest BCUT2D eigenvalue weighted by atomic mass is 9.98. The third-order valence-electron chi connectivity index (χ3n) is 3.98. The van der Waals surface area contributed by atoms with Gasteiger partial charge < -0.3 is 24.4 Å². The van der Waals surface area contributed by atoms with Gasteiger partial charge in [0.1, 0.15) is 0 Å². The number of carbonyl (C=O) groups is 1. The van der Waals surface area contributed by atoms with E-state index in [1.165, 1.54) is 0 Å². The molecule has 0 aliphatic carbocycles. The van der Waals surface area contributed by atoms with Gasteiger partial charge in [0.05, 0.1) is 25.7 Å². The number of rotatable bonds is 10. The van der Waals surface area contributed by atoms with E-state index in [-0.39, 0.29) is 35.9 Å². The first-order chi connectivity index (χ1) is 11.7. The maximum Gasteiger partial charge on any atom is 0.310 e. The van der Waals surface area contributed by atoms with E-state index in [9.17, 15) is 4.79 Å². The number of likely N-dealkylation sites (tertiary alicyclic amines) is 1. The Labute approximate surface area is 168 Å². The molecule has 148 valence electrons. The van der Waals surface area contributed by atoms with Crippen molar-refractivity contribution >= 4 is 35.9 Å². The van der Waals surface area contributed by atoms with E-state index in [0.717, 1.165) is 51.3 Å². The van der Waals surface area contributed by atoms with Crippen molar-refractivity contribution in [3.05, 3.63) is 0 Å². The van der Waals surface area contributed by atoms with Crippen LogP contribution in [-0.4, -0.2) is 77.0 Å². The smallest absolute Gasteiger partial charge is 0.310 e. The minimum Gasteiger partial charge on any atom is -0.466 e. The predicted molar refractivity (Wildman–Crippen MR) is 110 cm³/mol. The maximum atomic E-state index is 11.9. The molecule has 1 fully saturated rings. The van der Waals surface area contributed by atoms with Gasteiger partial charge >= 0.3 is 5.97 Å². The molecule has 1 aliphatic rings. The number of unbranched alkanes of at least 4 members (excludes halogenated alkanes) is 1. The van der Waals surface area contributed by atoms with Crippen LogP contribution in [-0.2, 0) is 19.0 Å². The zero-order valence-electron chi connectivity index (χ0n) is 15.8. The number of ether oxygens (including phenoxy) is 3. The summed E-state index contributed by atoms with van der Waals surface area (Å²) >= 11 is 0. The summed E-state index contributed by atoms with van der Waals surface area (Å²) in [5.74, 6) is 0.724. The molecule has 1 unspecified atom stereocenters. The molecule has 1 N–H and O–H groups in total. The first-order valence-corrected chi connectivity index (χ1v) is 8.91. The number of hydrogen-bond acceptors (Lipinski definition) is 5. The number of guanidine groups is 1. The Kier molecular flexibility index (Phi) is 15.2. The van der Waals surface area contributed by atoms with E-state index >= 15 is 0 Å². The molecule has 1 atom stereocenters. The van der Waals surface area contributed by atoms with E-state index in [1.807, 2.05) is 6.92 Å². The second-order valence-electron chi connectivity index (χ2n) is 5.82. The number of nitrogens with zero attached hydrogens (tertiary/aromatic N) is 2. The van der Waals surface area contributed by atoms with Crippen molar-refractivity contribution in [2.75, 3.05) is 60.2 Å². The molecule has 0 amide bonds. The summed E-state index contributed by atoms with van der Waals surface area (Å²) in [5, 5.41) is 3.38. The van der Waals surface area contributed by atoms with E-state index in [4.69, 9.17) is 14.2 Å². The van der Waals surface area contributed by atoms with E-state index in [2.05, 4.69) is 15.2 Å². The van der Waals surface area contributed by atoms with Crippen LogP contribution in [0.15, 0.2) is 4.99 Å². The number of methoxy groups -OCH3 is 1. The van der Waals surface area contributed by atoms with Gasteiger partial charge in [-0.1, -0.05) is 0 Å². The van der Waals surface area contributed by atoms with Gasteiger partial charge in [-0.3, -0.25) is 9.79 Å². The molecule has 0 aromatic heterocycles. The molecule has 1 heterocycles. The highest BCUT2D eigenvalue weighted by Gasteiger charge is 2.28. The zero-order chi connectivity index (χ0) is 17.6. The number of piperidine rings is 1. The van der Waals surface area contributed by atoms with Crippen LogP contribution in [0.5, 0.6) is 0 Å². The Hall–Kier alpha value is -0.610. The highest BCUT2D eigenvalue weighted by atomic mass is 127. The van der Waals surface area contributed by atoms with Gasteiger partial charge in [0.15, 0.2) is 5.96 Å². The standard InChI is InChI=1S/C17H33N3O4.HI/c1-4-24-16(21)15-8-7-10-20(14-15)17(18-2)19-9-5-6-11-23-13-12-22-3;/h15H,4-14H2,1-3H3,(H,18,19);1H. The van der Waals surface area contributed by atoms with Crippen LogP contribution >= 0.6 is 24.0 Å². The molecule has 1 rings (SSSR count). The number of nitrogens with one attached hydrogen (secondary N) is 1. The van der Waals surface area contributed by atoms with Gasteiger partial charge in [-0.2, -0.15) is 0 Å². The number of halogens is 1. The van der Waals surface area contributed by atoms with Crippen LogP contribution in [0.1, 0.15) is 32.6 Å². The summed E-state index contributed by atoms with van der Waals surface area (Å²) in [6.07, 6.45) is 3.89. The van der Waals surface area contributed by atoms with Gasteiger partial charge in [0.25, 0.3) is 0 Å². The van der Waals surface area contributed by atoms with E-state index in [0.29, 0.717) is 26.4 Å². The van der Waals surface area contributed by atoms with Crippen molar-refractivity contribution < 1.29 is 19.0 Å². The summed E-state index contributed by atoms with van der Waals surface area (Å²) in [6.45, 7) is 6.77. The fourth-order valence-corrected chi connectivity index (χ4v) is 2.73. The van der Waals surface area contributed by atoms with Crippen molar-refractivity contribution in [2.24, 2.45) is 10.9 Å². The number of esters is 1. The topological polar surface area (TPSA) is 72.4 Å². The lowest BCUT2D eigenvalue weighted by molar-refractivity contribution is -0.149. The largest absolute Gasteiger partial charge is 0.466 e. The van der Waals surface area contributed by atoms with Crippen LogP contribution in [0, 0.1) is 5.92 Å². The minimum atomic E-state index is -0.0918. The van der Waals surface area contributed by atoms with Crippen LogP contribution in [0.3, 0.4) is 0 Å². The normalized spacial score (nSPS) is 17.8. The molecule has 8 heteroatoms. The lowest BCUT2D eigenvalue weighted by Crippen LogP contribution is -2.48. The third kappa shape index (κ3) is 10.2. The predicted octanol–water partition coefficient (Wildman–Crippen LogP) is 1.90. The van der Waals surface area contributed by atoms with Crippen molar-refractivity contribution in [3.8, 4) is 0 Å². The Morgan fingerprint density at radius 3 is 2.76 bits per heavy atom. The van der Waals surface area contributed by atoms with Crippen LogP contribution in [0.25, 0.3) is 0 Å². The van der Waals surface area contributed by atoms with Crippen LogP contribution in [0.2, 0.25) is 0 Å². The molecule has 0 saturated carbocycles. The van der Waals surface area contributed by atoms with E-state index in [1.54, 1.807) is 14.2 Å². The minimum absolute atomic E-state index is 0. The van der Waals surface area contributed by atoms with Gasteiger partial charge in [-0.05, 0) is 32.6 Å². The fraction of sp³-hybridized carbons (Fsp3) is 0.882. The maximum absolute atomic E-state index is 11.9. The molecule has 1 aliphatic heterocycles. The summed E-state index contributed by atoms with van der Waals surface area (Å²) < 4.78 is 15.5. The molecule has 7 nitrogen and oxygen atoms in total. The first-order valence-electron chi connectivity index (χ1n) is 8.91. The molecule has 0 spiro atoms. The Balaban J connectivity index is 0.00000576. The second-order valence-corrected chi connectivity index (χ2v) is 5.82. The number of carbonyl (C=O) groups excluding carboxylic acids is 1. The van der Waals surface area contributed by atoms with Gasteiger partial charge in [-0.25, -0.2) is 0 Å². The lowest BCUT2D eigenvalue weighted by Gasteiger charge is -2.33. The summed E-state index contributed by atoms with van der Waals surface area (Å²) in [6, 6.07) is 0. The molecule has 0 bridgehead atoms. The molecular formula is C17H34IN3O4.